The lowest BCUT2D eigenvalue weighted by Gasteiger charge is -2.22. The van der Waals surface area contributed by atoms with Crippen LogP contribution in [0.1, 0.15) is 67.7 Å². The van der Waals surface area contributed by atoms with E-state index in [1.165, 1.54) is 0 Å². The average Bonchev–Trinajstić information content (AvgIpc) is 2.96. The molecule has 0 aliphatic rings. The first-order valence-corrected chi connectivity index (χ1v) is 16.2. The van der Waals surface area contributed by atoms with E-state index in [0.29, 0.717) is 12.8 Å². The number of ether oxygens (including phenoxy) is 5. The Balaban J connectivity index is 3.79. The molecular formula is C31H59N5O11. The summed E-state index contributed by atoms with van der Waals surface area (Å²) in [5.74, 6) is -2.39. The summed E-state index contributed by atoms with van der Waals surface area (Å²) < 4.78 is 26.3. The second-order valence-corrected chi connectivity index (χ2v) is 12.4. The molecule has 0 heterocycles. The summed E-state index contributed by atoms with van der Waals surface area (Å²) in [6.07, 6.45) is 0.853. The number of unbranched alkanes of at least 4 members (excludes halogenated alkanes) is 1. The number of rotatable bonds is 27. The van der Waals surface area contributed by atoms with Gasteiger partial charge in [-0.2, -0.15) is 0 Å². The topological polar surface area (TPSA) is 212 Å². The summed E-state index contributed by atoms with van der Waals surface area (Å²) in [7, 11) is 0. The minimum absolute atomic E-state index is 0.000628. The number of carbonyl (C=O) groups excluding carboxylic acids is 4. The molecule has 0 aromatic heterocycles. The van der Waals surface area contributed by atoms with E-state index in [1.807, 2.05) is 13.8 Å². The van der Waals surface area contributed by atoms with Crippen LogP contribution in [0, 0.1) is 5.92 Å². The number of carboxylic acid groups (broad SMARTS) is 1. The zero-order valence-corrected chi connectivity index (χ0v) is 29.2. The highest BCUT2D eigenvalue weighted by Gasteiger charge is 2.25. The molecule has 16 nitrogen and oxygen atoms in total. The van der Waals surface area contributed by atoms with E-state index in [9.17, 15) is 29.1 Å². The van der Waals surface area contributed by atoms with E-state index in [-0.39, 0.29) is 95.3 Å². The van der Waals surface area contributed by atoms with Crippen LogP contribution in [0.15, 0.2) is 0 Å². The highest BCUT2D eigenvalue weighted by Crippen LogP contribution is 2.05. The van der Waals surface area contributed by atoms with Gasteiger partial charge in [-0.1, -0.05) is 13.8 Å². The molecule has 0 fully saturated rings. The normalized spacial score (nSPS) is 12.8. The molecule has 6 N–H and O–H groups in total. The van der Waals surface area contributed by atoms with Crippen molar-refractivity contribution in [3.8, 4) is 0 Å². The lowest BCUT2D eigenvalue weighted by atomic mass is 10.0. The molecule has 0 aromatic carbocycles. The molecule has 2 atom stereocenters. The van der Waals surface area contributed by atoms with Crippen LogP contribution in [0.3, 0.4) is 0 Å². The number of nitrogens with one attached hydrogen (secondary N) is 5. The molecule has 0 spiro atoms. The third kappa shape index (κ3) is 26.7. The maximum Gasteiger partial charge on any atom is 0.408 e. The van der Waals surface area contributed by atoms with Crippen LogP contribution in [0.25, 0.3) is 0 Å². The van der Waals surface area contributed by atoms with Gasteiger partial charge in [-0.3, -0.25) is 14.4 Å². The van der Waals surface area contributed by atoms with Gasteiger partial charge in [-0.15, -0.1) is 0 Å². The minimum atomic E-state index is -1.08. The summed E-state index contributed by atoms with van der Waals surface area (Å²) >= 11 is 0. The second kappa shape index (κ2) is 26.0. The Kier molecular flexibility index (Phi) is 24.3. The Morgan fingerprint density at radius 2 is 1.23 bits per heavy atom. The molecule has 4 amide bonds. The monoisotopic (exact) mass is 677 g/mol. The molecule has 0 rings (SSSR count). The van der Waals surface area contributed by atoms with Gasteiger partial charge in [0.15, 0.2) is 0 Å². The molecule has 274 valence electrons. The quantitative estimate of drug-likeness (QED) is 0.0659. The summed E-state index contributed by atoms with van der Waals surface area (Å²) in [5, 5.41) is 23.1. The molecule has 0 saturated heterocycles. The minimum Gasteiger partial charge on any atom is -0.480 e. The number of carboxylic acids is 1. The molecule has 0 bridgehead atoms. The predicted octanol–water partition coefficient (Wildman–Crippen LogP) is 0.572. The first-order chi connectivity index (χ1) is 22.1. The first kappa shape index (κ1) is 43.9. The second-order valence-electron chi connectivity index (χ2n) is 12.4. The van der Waals surface area contributed by atoms with Crippen LogP contribution < -0.4 is 26.6 Å². The van der Waals surface area contributed by atoms with Crippen molar-refractivity contribution in [2.45, 2.75) is 91.5 Å². The van der Waals surface area contributed by atoms with Crippen molar-refractivity contribution >= 4 is 29.8 Å². The molecule has 0 radical (unpaired) electrons. The first-order valence-electron chi connectivity index (χ1n) is 16.2. The molecule has 0 aromatic rings. The van der Waals surface area contributed by atoms with Crippen LogP contribution in [0.5, 0.6) is 0 Å². The van der Waals surface area contributed by atoms with E-state index in [4.69, 9.17) is 23.7 Å². The molecule has 0 saturated carbocycles. The van der Waals surface area contributed by atoms with Crippen LogP contribution in [-0.2, 0) is 42.9 Å². The summed E-state index contributed by atoms with van der Waals surface area (Å²) in [4.78, 5) is 59.5. The van der Waals surface area contributed by atoms with Crippen molar-refractivity contribution in [3.05, 3.63) is 0 Å². The highest BCUT2D eigenvalue weighted by atomic mass is 16.6. The summed E-state index contributed by atoms with van der Waals surface area (Å²) in [6, 6.07) is -1.70. The van der Waals surface area contributed by atoms with Gasteiger partial charge in [-0.25, -0.2) is 9.59 Å². The standard InChI is InChI=1S/C31H59N5O11/c1-22(2)27(36-30(42)47-23(3)4)28(39)33-13-15-44-16-18-45-20-25(37)32-12-14-43-17-19-46-21-26(38)35-24(29(40)41)10-8-9-11-34-31(5,6)7/h22-24,27,34H,8-21H2,1-7H3,(H,32,37)(H,33,39)(H,35,38)(H,36,42)(H,40,41). The lowest BCUT2D eigenvalue weighted by molar-refractivity contribution is -0.142. The van der Waals surface area contributed by atoms with Crippen molar-refractivity contribution in [2.24, 2.45) is 5.92 Å². The van der Waals surface area contributed by atoms with Crippen LogP contribution in [0.4, 0.5) is 4.79 Å². The van der Waals surface area contributed by atoms with Crippen molar-refractivity contribution in [1.29, 1.82) is 0 Å². The van der Waals surface area contributed by atoms with Crippen molar-refractivity contribution in [3.63, 3.8) is 0 Å². The van der Waals surface area contributed by atoms with E-state index in [1.54, 1.807) is 13.8 Å². The van der Waals surface area contributed by atoms with Gasteiger partial charge < -0.3 is 55.4 Å². The molecular weight excluding hydrogens is 618 g/mol. The number of amides is 4. The molecule has 16 heteroatoms. The fourth-order valence-corrected chi connectivity index (χ4v) is 3.78. The van der Waals surface area contributed by atoms with Gasteiger partial charge >= 0.3 is 12.1 Å². The molecule has 0 aliphatic carbocycles. The van der Waals surface area contributed by atoms with Gasteiger partial charge in [0.25, 0.3) is 0 Å². The van der Waals surface area contributed by atoms with E-state index < -0.39 is 30.1 Å². The van der Waals surface area contributed by atoms with Gasteiger partial charge in [0.2, 0.25) is 17.7 Å². The maximum atomic E-state index is 12.4. The third-order valence-corrected chi connectivity index (χ3v) is 6.10. The largest absolute Gasteiger partial charge is 0.480 e. The molecule has 0 aliphatic heterocycles. The Morgan fingerprint density at radius 3 is 1.77 bits per heavy atom. The fourth-order valence-electron chi connectivity index (χ4n) is 3.78. The number of hydrogen-bond donors (Lipinski definition) is 6. The number of hydrogen-bond acceptors (Lipinski definition) is 11. The Morgan fingerprint density at radius 1 is 0.681 bits per heavy atom. The summed E-state index contributed by atoms with van der Waals surface area (Å²) in [6.45, 7) is 15.3. The van der Waals surface area contributed by atoms with Crippen molar-refractivity contribution in [2.75, 3.05) is 72.5 Å². The fraction of sp³-hybridized carbons (Fsp3) is 0.839. The number of aliphatic carboxylic acids is 1. The van der Waals surface area contributed by atoms with Crippen molar-refractivity contribution < 1.29 is 52.8 Å². The lowest BCUT2D eigenvalue weighted by Crippen LogP contribution is -2.50. The Hall–Kier alpha value is -3.05. The highest BCUT2D eigenvalue weighted by molar-refractivity contribution is 5.86. The average molecular weight is 678 g/mol. The molecule has 47 heavy (non-hydrogen) atoms. The Labute approximate surface area is 279 Å². The third-order valence-electron chi connectivity index (χ3n) is 6.10. The number of alkyl carbamates (subject to hydrolysis) is 1. The Bertz CT molecular complexity index is 913. The zero-order valence-electron chi connectivity index (χ0n) is 29.2. The van der Waals surface area contributed by atoms with Gasteiger partial charge in [0.05, 0.1) is 45.7 Å². The van der Waals surface area contributed by atoms with Gasteiger partial charge in [0.1, 0.15) is 25.3 Å². The van der Waals surface area contributed by atoms with Crippen molar-refractivity contribution in [1.82, 2.24) is 26.6 Å². The van der Waals surface area contributed by atoms with Crippen LogP contribution in [-0.4, -0.2) is 131 Å². The van der Waals surface area contributed by atoms with E-state index in [2.05, 4.69) is 47.4 Å². The van der Waals surface area contributed by atoms with E-state index >= 15 is 0 Å². The maximum absolute atomic E-state index is 12.4. The van der Waals surface area contributed by atoms with Crippen LogP contribution >= 0.6 is 0 Å². The van der Waals surface area contributed by atoms with E-state index in [0.717, 1.165) is 13.0 Å². The summed E-state index contributed by atoms with van der Waals surface area (Å²) in [5.41, 5.74) is -0.000628. The zero-order chi connectivity index (χ0) is 35.7. The van der Waals surface area contributed by atoms with Gasteiger partial charge in [0, 0.05) is 18.6 Å². The SMILES string of the molecule is CC(C)OC(=O)NC(C(=O)NCCOCCOCC(=O)NCCOCCOCC(=O)NC(CCCCNC(C)(C)C)C(=O)O)C(C)C. The number of carbonyl (C=O) groups is 5. The van der Waals surface area contributed by atoms with Gasteiger partial charge in [-0.05, 0) is 66.3 Å². The van der Waals surface area contributed by atoms with Crippen LogP contribution in [0.2, 0.25) is 0 Å². The molecule has 2 unspecified atom stereocenters. The smallest absolute Gasteiger partial charge is 0.408 e. The predicted molar refractivity (Wildman–Crippen MR) is 174 cm³/mol.